The van der Waals surface area contributed by atoms with Crippen LogP contribution in [0.4, 0.5) is 0 Å². The zero-order valence-electron chi connectivity index (χ0n) is 12.9. The van der Waals surface area contributed by atoms with Crippen LogP contribution in [0.1, 0.15) is 16.1 Å². The van der Waals surface area contributed by atoms with Crippen LogP contribution in [-0.4, -0.2) is 54.3 Å². The Bertz CT molecular complexity index is 621. The van der Waals surface area contributed by atoms with Crippen LogP contribution < -0.4 is 0 Å². The lowest BCUT2D eigenvalue weighted by Crippen LogP contribution is -2.36. The normalized spacial score (nSPS) is 12.2. The smallest absolute Gasteiger partial charge is 0.276 e. The highest BCUT2D eigenvalue weighted by atomic mass is 16.5. The van der Waals surface area contributed by atoms with Crippen LogP contribution >= 0.6 is 0 Å². The minimum Gasteiger partial charge on any atom is -0.443 e. The van der Waals surface area contributed by atoms with E-state index in [0.717, 1.165) is 11.1 Å². The van der Waals surface area contributed by atoms with Crippen molar-refractivity contribution in [2.24, 2.45) is 0 Å². The molecular formula is C16H20N2O4. The second-order valence-corrected chi connectivity index (χ2v) is 5.19. The molecule has 0 aliphatic rings. The third-order valence-corrected chi connectivity index (χ3v) is 3.27. The molecule has 0 saturated carbocycles. The third kappa shape index (κ3) is 3.72. The van der Waals surface area contributed by atoms with Gasteiger partial charge in [0.05, 0.1) is 12.7 Å². The van der Waals surface area contributed by atoms with E-state index in [1.165, 1.54) is 18.4 Å². The molecule has 2 rings (SSSR count). The Morgan fingerprint density at radius 3 is 2.73 bits per heavy atom. The molecule has 0 radical (unpaired) electrons. The number of aliphatic hydroxyl groups excluding tert-OH is 1. The number of benzene rings is 1. The van der Waals surface area contributed by atoms with E-state index in [2.05, 4.69) is 4.98 Å². The van der Waals surface area contributed by atoms with Gasteiger partial charge in [0.15, 0.2) is 17.8 Å². The van der Waals surface area contributed by atoms with Crippen LogP contribution in [0.2, 0.25) is 0 Å². The second kappa shape index (κ2) is 7.20. The lowest BCUT2D eigenvalue weighted by Gasteiger charge is -2.19. The van der Waals surface area contributed by atoms with Gasteiger partial charge < -0.3 is 19.2 Å². The van der Waals surface area contributed by atoms with Crippen molar-refractivity contribution >= 4 is 5.91 Å². The summed E-state index contributed by atoms with van der Waals surface area (Å²) in [4.78, 5) is 17.9. The molecular weight excluding hydrogens is 284 g/mol. The van der Waals surface area contributed by atoms with Crippen LogP contribution in [0.3, 0.4) is 0 Å². The molecule has 0 spiro atoms. The first-order valence-electron chi connectivity index (χ1n) is 6.96. The van der Waals surface area contributed by atoms with Gasteiger partial charge >= 0.3 is 0 Å². The minimum absolute atomic E-state index is 0.160. The minimum atomic E-state index is -0.742. The van der Waals surface area contributed by atoms with Crippen molar-refractivity contribution in [3.8, 4) is 11.3 Å². The largest absolute Gasteiger partial charge is 0.443 e. The Labute approximate surface area is 129 Å². The van der Waals surface area contributed by atoms with Crippen LogP contribution in [0.25, 0.3) is 11.3 Å². The summed E-state index contributed by atoms with van der Waals surface area (Å²) < 4.78 is 10.2. The van der Waals surface area contributed by atoms with E-state index in [-0.39, 0.29) is 24.8 Å². The van der Waals surface area contributed by atoms with Crippen molar-refractivity contribution in [2.45, 2.75) is 13.0 Å². The first-order valence-corrected chi connectivity index (χ1v) is 6.96. The molecule has 118 valence electrons. The van der Waals surface area contributed by atoms with Crippen molar-refractivity contribution < 1.29 is 19.1 Å². The van der Waals surface area contributed by atoms with E-state index >= 15 is 0 Å². The van der Waals surface area contributed by atoms with Gasteiger partial charge in [-0.25, -0.2) is 4.98 Å². The van der Waals surface area contributed by atoms with Crippen molar-refractivity contribution in [1.82, 2.24) is 9.88 Å². The summed E-state index contributed by atoms with van der Waals surface area (Å²) >= 11 is 0. The molecule has 1 heterocycles. The van der Waals surface area contributed by atoms with Gasteiger partial charge in [0.25, 0.3) is 5.91 Å². The number of aliphatic hydroxyl groups is 1. The number of nitrogens with zero attached hydrogens (tertiary/aromatic N) is 2. The van der Waals surface area contributed by atoms with E-state index in [9.17, 15) is 9.90 Å². The van der Waals surface area contributed by atoms with Gasteiger partial charge in [0, 0.05) is 26.3 Å². The zero-order chi connectivity index (χ0) is 16.1. The maximum Gasteiger partial charge on any atom is 0.276 e. The molecule has 6 nitrogen and oxygen atoms in total. The number of oxazole rings is 1. The number of ether oxygens (including phenoxy) is 1. The second-order valence-electron chi connectivity index (χ2n) is 5.19. The molecule has 1 atom stereocenters. The van der Waals surface area contributed by atoms with E-state index in [1.54, 1.807) is 7.05 Å². The number of carbonyl (C=O) groups excluding carboxylic acids is 1. The monoisotopic (exact) mass is 304 g/mol. The Morgan fingerprint density at radius 2 is 2.09 bits per heavy atom. The standard InChI is InChI=1S/C16H20N2O4/c1-11-4-6-12(7-5-11)15-14(17-10-22-15)16(20)18(2)8-13(19)9-21-3/h4-7,10,13,19H,8-9H2,1-3H3. The average molecular weight is 304 g/mol. The zero-order valence-corrected chi connectivity index (χ0v) is 12.9. The molecule has 1 N–H and O–H groups in total. The van der Waals surface area contributed by atoms with E-state index < -0.39 is 6.10 Å². The average Bonchev–Trinajstić information content (AvgIpc) is 2.96. The molecule has 2 aromatic rings. The SMILES string of the molecule is COCC(O)CN(C)C(=O)c1ncoc1-c1ccc(C)cc1. The Kier molecular flexibility index (Phi) is 5.30. The maximum absolute atomic E-state index is 12.5. The van der Waals surface area contributed by atoms with Gasteiger partial charge in [-0.05, 0) is 6.92 Å². The van der Waals surface area contributed by atoms with Crippen LogP contribution in [0.15, 0.2) is 35.1 Å². The molecule has 0 fully saturated rings. The summed E-state index contributed by atoms with van der Waals surface area (Å²) in [5.41, 5.74) is 2.14. The summed E-state index contributed by atoms with van der Waals surface area (Å²) in [5.74, 6) is 0.123. The van der Waals surface area contributed by atoms with Crippen molar-refractivity contribution in [3.05, 3.63) is 41.9 Å². The van der Waals surface area contributed by atoms with Crippen LogP contribution in [0.5, 0.6) is 0 Å². The topological polar surface area (TPSA) is 75.8 Å². The first-order chi connectivity index (χ1) is 10.5. The molecule has 22 heavy (non-hydrogen) atoms. The molecule has 0 saturated heterocycles. The molecule has 6 heteroatoms. The number of likely N-dealkylation sites (N-methyl/N-ethyl adjacent to an activating group) is 1. The summed E-state index contributed by atoms with van der Waals surface area (Å²) in [5, 5.41) is 9.72. The molecule has 1 aromatic heterocycles. The number of methoxy groups -OCH3 is 1. The van der Waals surface area contributed by atoms with E-state index in [4.69, 9.17) is 9.15 Å². The molecule has 0 bridgehead atoms. The maximum atomic E-state index is 12.5. The van der Waals surface area contributed by atoms with Crippen molar-refractivity contribution in [1.29, 1.82) is 0 Å². The summed E-state index contributed by atoms with van der Waals surface area (Å²) in [7, 11) is 3.10. The number of carbonyl (C=O) groups is 1. The molecule has 1 unspecified atom stereocenters. The first kappa shape index (κ1) is 16.2. The number of hydrogen-bond acceptors (Lipinski definition) is 5. The van der Waals surface area contributed by atoms with Crippen LogP contribution in [-0.2, 0) is 4.74 Å². The number of amides is 1. The fourth-order valence-corrected chi connectivity index (χ4v) is 2.13. The van der Waals surface area contributed by atoms with Crippen molar-refractivity contribution in [3.63, 3.8) is 0 Å². The fourth-order valence-electron chi connectivity index (χ4n) is 2.13. The summed E-state index contributed by atoms with van der Waals surface area (Å²) in [6, 6.07) is 7.65. The molecule has 1 aromatic carbocycles. The number of aromatic nitrogens is 1. The van der Waals surface area contributed by atoms with Crippen molar-refractivity contribution in [2.75, 3.05) is 27.3 Å². The van der Waals surface area contributed by atoms with Gasteiger partial charge in [0.2, 0.25) is 0 Å². The third-order valence-electron chi connectivity index (χ3n) is 3.27. The summed E-state index contributed by atoms with van der Waals surface area (Å²) in [6.07, 6.45) is 0.510. The number of rotatable bonds is 6. The molecule has 0 aliphatic carbocycles. The van der Waals surface area contributed by atoms with Gasteiger partial charge in [-0.2, -0.15) is 0 Å². The van der Waals surface area contributed by atoms with E-state index in [1.807, 2.05) is 31.2 Å². The van der Waals surface area contributed by atoms with E-state index in [0.29, 0.717) is 5.76 Å². The Hall–Kier alpha value is -2.18. The highest BCUT2D eigenvalue weighted by Crippen LogP contribution is 2.24. The lowest BCUT2D eigenvalue weighted by molar-refractivity contribution is 0.0378. The Morgan fingerprint density at radius 1 is 1.41 bits per heavy atom. The molecule has 0 aliphatic heterocycles. The quantitative estimate of drug-likeness (QED) is 0.879. The van der Waals surface area contributed by atoms with Gasteiger partial charge in [-0.1, -0.05) is 29.8 Å². The highest BCUT2D eigenvalue weighted by Gasteiger charge is 2.23. The summed E-state index contributed by atoms with van der Waals surface area (Å²) in [6.45, 7) is 2.31. The highest BCUT2D eigenvalue weighted by molar-refractivity contribution is 5.97. The van der Waals surface area contributed by atoms with Crippen LogP contribution in [0, 0.1) is 6.92 Å². The predicted octanol–water partition coefficient (Wildman–Crippen LogP) is 1.73. The number of hydrogen-bond donors (Lipinski definition) is 1. The lowest BCUT2D eigenvalue weighted by atomic mass is 10.1. The van der Waals surface area contributed by atoms with Gasteiger partial charge in [0.1, 0.15) is 0 Å². The fraction of sp³-hybridized carbons (Fsp3) is 0.375. The predicted molar refractivity (Wildman–Crippen MR) is 81.5 cm³/mol. The number of aryl methyl sites for hydroxylation is 1. The van der Waals surface area contributed by atoms with Gasteiger partial charge in [-0.15, -0.1) is 0 Å². The molecule has 1 amide bonds. The van der Waals surface area contributed by atoms with Gasteiger partial charge in [-0.3, -0.25) is 4.79 Å². The Balaban J connectivity index is 2.17.